The molecule has 9 nitrogen and oxygen atoms in total. The van der Waals surface area contributed by atoms with E-state index in [-0.39, 0.29) is 36.2 Å². The number of esters is 3. The van der Waals surface area contributed by atoms with Crippen molar-refractivity contribution in [2.75, 3.05) is 58.9 Å². The van der Waals surface area contributed by atoms with Gasteiger partial charge in [-0.2, -0.15) is 0 Å². The van der Waals surface area contributed by atoms with Crippen LogP contribution in [-0.2, 0) is 28.6 Å². The van der Waals surface area contributed by atoms with E-state index in [4.69, 9.17) is 14.2 Å². The summed E-state index contributed by atoms with van der Waals surface area (Å²) in [6.07, 6.45) is 83.0. The second kappa shape index (κ2) is 76.1. The van der Waals surface area contributed by atoms with Gasteiger partial charge in [0.2, 0.25) is 0 Å². The SMILES string of the molecule is CCCCCCCCCCCCN(CCCCCCCCCCCC)CCC(C)OC(=O)C1CC(C(=O)OC(C)CCN(CCCCCCCCCCCC)CCCCCCCCCCCC)CC(C(=O)OC(C)CCN(CCCCCCCCCCCC)CCCCCCCCCCCC)C1. The molecule has 1 aliphatic carbocycles. The predicted octanol–water partition coefficient (Wildman–Crippen LogP) is 28.4. The highest BCUT2D eigenvalue weighted by molar-refractivity contribution is 5.80. The van der Waals surface area contributed by atoms with Crippen LogP contribution in [0.1, 0.15) is 486 Å². The van der Waals surface area contributed by atoms with Crippen LogP contribution in [0, 0.1) is 17.8 Å². The third kappa shape index (κ3) is 63.2. The normalized spacial score (nSPS) is 15.8. The number of hydrogen-bond donors (Lipinski definition) is 0. The van der Waals surface area contributed by atoms with Crippen molar-refractivity contribution in [2.45, 2.75) is 504 Å². The van der Waals surface area contributed by atoms with E-state index in [0.29, 0.717) is 19.3 Å². The smallest absolute Gasteiger partial charge is 0.309 e. The van der Waals surface area contributed by atoms with Gasteiger partial charge in [0.15, 0.2) is 0 Å². The molecule has 3 unspecified atom stereocenters. The van der Waals surface area contributed by atoms with Crippen LogP contribution < -0.4 is 0 Å². The van der Waals surface area contributed by atoms with Crippen LogP contribution in [0.5, 0.6) is 0 Å². The first-order valence-corrected chi connectivity index (χ1v) is 46.8. The van der Waals surface area contributed by atoms with Gasteiger partial charge >= 0.3 is 17.9 Å². The quantitative estimate of drug-likeness (QED) is 0.0336. The molecular formula is C93H183N3O6. The maximum atomic E-state index is 14.6. The predicted molar refractivity (Wildman–Crippen MR) is 445 cm³/mol. The highest BCUT2D eigenvalue weighted by Gasteiger charge is 2.42. The first kappa shape index (κ1) is 98.3. The van der Waals surface area contributed by atoms with Crippen LogP contribution in [0.25, 0.3) is 0 Å². The van der Waals surface area contributed by atoms with Gasteiger partial charge < -0.3 is 28.9 Å². The zero-order chi connectivity index (χ0) is 74.1. The molecule has 606 valence electrons. The van der Waals surface area contributed by atoms with Crippen molar-refractivity contribution in [1.82, 2.24) is 14.7 Å². The Kier molecular flexibility index (Phi) is 73.3. The lowest BCUT2D eigenvalue weighted by atomic mass is 9.75. The van der Waals surface area contributed by atoms with E-state index in [9.17, 15) is 14.4 Å². The fourth-order valence-electron chi connectivity index (χ4n) is 16.0. The molecule has 0 heterocycles. The summed E-state index contributed by atoms with van der Waals surface area (Å²) in [6.45, 7) is 29.4. The van der Waals surface area contributed by atoms with E-state index in [1.165, 1.54) is 385 Å². The average Bonchev–Trinajstić information content (AvgIpc) is 0.823. The molecule has 0 aromatic heterocycles. The molecule has 1 fully saturated rings. The summed E-state index contributed by atoms with van der Waals surface area (Å²) in [6, 6.07) is 0. The Labute approximate surface area is 638 Å². The topological polar surface area (TPSA) is 88.6 Å². The lowest BCUT2D eigenvalue weighted by Crippen LogP contribution is -2.39. The van der Waals surface area contributed by atoms with Gasteiger partial charge in [0, 0.05) is 19.6 Å². The molecule has 0 bridgehead atoms. The van der Waals surface area contributed by atoms with Gasteiger partial charge in [-0.3, -0.25) is 14.4 Å². The standard InChI is InChI=1S/C93H183N3O6/c1-10-16-22-28-34-40-46-52-58-64-73-94(74-65-59-53-47-41-35-29-23-17-11-2)79-70-85(7)100-91(97)88-82-89(92(98)101-86(8)71-80-95(75-66-60-54-48-42-36-30-24-18-12-3)76-67-61-55-49-43-37-31-25-19-13-4)84-90(83-88)93(99)102-87(9)72-81-96(77-68-62-56-50-44-38-32-26-20-14-5)78-69-63-57-51-45-39-33-27-21-15-6/h85-90H,10-84H2,1-9H3. The highest BCUT2D eigenvalue weighted by atomic mass is 16.6. The van der Waals surface area contributed by atoms with Gasteiger partial charge in [-0.05, 0) is 137 Å². The summed E-state index contributed by atoms with van der Waals surface area (Å²) >= 11 is 0. The van der Waals surface area contributed by atoms with Crippen LogP contribution >= 0.6 is 0 Å². The number of unbranched alkanes of at least 4 members (excludes halogenated alkanes) is 54. The molecule has 1 saturated carbocycles. The van der Waals surface area contributed by atoms with Gasteiger partial charge in [0.25, 0.3) is 0 Å². The molecule has 1 rings (SSSR count). The first-order chi connectivity index (χ1) is 50.0. The number of carbonyl (C=O) groups excluding carboxylic acids is 3. The Morgan fingerprint density at radius 1 is 0.216 bits per heavy atom. The molecule has 0 aliphatic heterocycles. The van der Waals surface area contributed by atoms with Crippen molar-refractivity contribution in [1.29, 1.82) is 0 Å². The second-order valence-electron chi connectivity index (χ2n) is 33.5. The number of nitrogens with zero attached hydrogens (tertiary/aromatic N) is 3. The van der Waals surface area contributed by atoms with Crippen LogP contribution in [0.15, 0.2) is 0 Å². The molecule has 9 heteroatoms. The average molecular weight is 1440 g/mol. The van der Waals surface area contributed by atoms with Gasteiger partial charge in [-0.25, -0.2) is 0 Å². The minimum Gasteiger partial charge on any atom is -0.462 e. The third-order valence-electron chi connectivity index (χ3n) is 23.2. The third-order valence-corrected chi connectivity index (χ3v) is 23.2. The van der Waals surface area contributed by atoms with Crippen molar-refractivity contribution < 1.29 is 28.6 Å². The zero-order valence-corrected chi connectivity index (χ0v) is 70.8. The van der Waals surface area contributed by atoms with Gasteiger partial charge in [-0.15, -0.1) is 0 Å². The van der Waals surface area contributed by atoms with Crippen molar-refractivity contribution >= 4 is 17.9 Å². The van der Waals surface area contributed by atoms with Crippen LogP contribution in [0.3, 0.4) is 0 Å². The lowest BCUT2D eigenvalue weighted by Gasteiger charge is -2.33. The molecule has 0 N–H and O–H groups in total. The van der Waals surface area contributed by atoms with Crippen molar-refractivity contribution in [2.24, 2.45) is 17.8 Å². The number of rotatable bonds is 81. The van der Waals surface area contributed by atoms with Crippen molar-refractivity contribution in [3.8, 4) is 0 Å². The zero-order valence-electron chi connectivity index (χ0n) is 70.8. The Bertz CT molecular complexity index is 1480. The summed E-state index contributed by atoms with van der Waals surface area (Å²) in [7, 11) is 0. The Morgan fingerprint density at radius 2 is 0.343 bits per heavy atom. The number of carbonyl (C=O) groups is 3. The van der Waals surface area contributed by atoms with E-state index in [1.54, 1.807) is 0 Å². The number of ether oxygens (including phenoxy) is 3. The molecule has 0 amide bonds. The monoisotopic (exact) mass is 1440 g/mol. The summed E-state index contributed by atoms with van der Waals surface area (Å²) in [5.41, 5.74) is 0. The molecule has 0 spiro atoms. The maximum absolute atomic E-state index is 14.6. The summed E-state index contributed by atoms with van der Waals surface area (Å²) < 4.78 is 19.3. The minimum absolute atomic E-state index is 0.259. The summed E-state index contributed by atoms with van der Waals surface area (Å²) in [4.78, 5) is 51.8. The minimum atomic E-state index is -0.563. The second-order valence-corrected chi connectivity index (χ2v) is 33.5. The molecule has 1 aliphatic rings. The van der Waals surface area contributed by atoms with E-state index >= 15 is 0 Å². The van der Waals surface area contributed by atoms with Crippen molar-refractivity contribution in [3.63, 3.8) is 0 Å². The molecule has 3 atom stereocenters. The van der Waals surface area contributed by atoms with E-state index in [1.807, 2.05) is 0 Å². The van der Waals surface area contributed by atoms with Gasteiger partial charge in [0.1, 0.15) is 18.3 Å². The van der Waals surface area contributed by atoms with Crippen LogP contribution in [0.4, 0.5) is 0 Å². The van der Waals surface area contributed by atoms with E-state index < -0.39 is 17.8 Å². The molecule has 0 saturated heterocycles. The molecule has 0 aromatic carbocycles. The fourth-order valence-corrected chi connectivity index (χ4v) is 16.0. The maximum Gasteiger partial charge on any atom is 0.309 e. The van der Waals surface area contributed by atoms with Crippen LogP contribution in [-0.4, -0.2) is 110 Å². The first-order valence-electron chi connectivity index (χ1n) is 46.8. The summed E-state index contributed by atoms with van der Waals surface area (Å²) in [5.74, 6) is -2.48. The lowest BCUT2D eigenvalue weighted by molar-refractivity contribution is -0.166. The summed E-state index contributed by atoms with van der Waals surface area (Å²) in [5, 5.41) is 0. The van der Waals surface area contributed by atoms with Crippen molar-refractivity contribution in [3.05, 3.63) is 0 Å². The molecule has 0 aromatic rings. The Hall–Kier alpha value is -1.71. The molecule has 0 radical (unpaired) electrons. The number of hydrogen-bond acceptors (Lipinski definition) is 9. The highest BCUT2D eigenvalue weighted by Crippen LogP contribution is 2.37. The van der Waals surface area contributed by atoms with Gasteiger partial charge in [0.05, 0.1) is 17.8 Å². The largest absolute Gasteiger partial charge is 0.462 e. The van der Waals surface area contributed by atoms with Crippen LogP contribution in [0.2, 0.25) is 0 Å². The van der Waals surface area contributed by atoms with Gasteiger partial charge in [-0.1, -0.05) is 388 Å². The fraction of sp³-hybridized carbons (Fsp3) is 0.968. The Balaban J connectivity index is 3.24. The molecular weight excluding hydrogens is 1260 g/mol. The van der Waals surface area contributed by atoms with E-state index in [0.717, 1.165) is 78.2 Å². The Morgan fingerprint density at radius 3 is 0.480 bits per heavy atom. The van der Waals surface area contributed by atoms with E-state index in [2.05, 4.69) is 77.0 Å². The molecule has 102 heavy (non-hydrogen) atoms.